The van der Waals surface area contributed by atoms with Crippen molar-refractivity contribution in [3.63, 3.8) is 0 Å². The zero-order valence-corrected chi connectivity index (χ0v) is 22.8. The van der Waals surface area contributed by atoms with Crippen LogP contribution in [0.2, 0.25) is 5.02 Å². The van der Waals surface area contributed by atoms with Crippen LogP contribution in [0.3, 0.4) is 0 Å². The van der Waals surface area contributed by atoms with Gasteiger partial charge in [-0.15, -0.1) is 0 Å². The summed E-state index contributed by atoms with van der Waals surface area (Å²) in [7, 11) is 5.10. The van der Waals surface area contributed by atoms with E-state index in [-0.39, 0.29) is 29.6 Å². The fourth-order valence-corrected chi connectivity index (χ4v) is 3.53. The summed E-state index contributed by atoms with van der Waals surface area (Å²) in [5.74, 6) is 0.351. The van der Waals surface area contributed by atoms with E-state index >= 15 is 0 Å². The number of ether oxygens (including phenoxy) is 2. The number of benzene rings is 2. The molecule has 1 aromatic heterocycles. The summed E-state index contributed by atoms with van der Waals surface area (Å²) in [6.45, 7) is 2.40. The second-order valence-corrected chi connectivity index (χ2v) is 9.12. The molecule has 10 nitrogen and oxygen atoms in total. The van der Waals surface area contributed by atoms with Crippen molar-refractivity contribution in [1.29, 1.82) is 0 Å². The normalized spacial score (nSPS) is 11.1. The number of alkyl halides is 3. The molecule has 214 valence electrons. The maximum Gasteiger partial charge on any atom is 0.417 e. The summed E-state index contributed by atoms with van der Waals surface area (Å²) < 4.78 is 51.7. The van der Waals surface area contributed by atoms with E-state index in [2.05, 4.69) is 26.5 Å². The van der Waals surface area contributed by atoms with Gasteiger partial charge in [-0.1, -0.05) is 17.7 Å². The van der Waals surface area contributed by atoms with Crippen LogP contribution in [0, 0.1) is 6.92 Å². The molecule has 3 amide bonds. The van der Waals surface area contributed by atoms with E-state index < -0.39 is 22.8 Å². The molecule has 0 saturated carbocycles. The highest BCUT2D eigenvalue weighted by molar-refractivity contribution is 6.31. The molecule has 0 aliphatic heterocycles. The van der Waals surface area contributed by atoms with E-state index in [0.717, 1.165) is 11.6 Å². The molecule has 40 heavy (non-hydrogen) atoms. The molecule has 3 aromatic rings. The maximum absolute atomic E-state index is 13.4. The number of nitrogens with zero attached hydrogens (tertiary/aromatic N) is 2. The molecule has 0 fully saturated rings. The minimum absolute atomic E-state index is 0.0185. The molecule has 0 spiro atoms. The van der Waals surface area contributed by atoms with Gasteiger partial charge in [0.05, 0.1) is 22.0 Å². The minimum Gasteiger partial charge on any atom is -0.490 e. The van der Waals surface area contributed by atoms with Crippen molar-refractivity contribution >= 4 is 34.9 Å². The van der Waals surface area contributed by atoms with Crippen LogP contribution in [-0.2, 0) is 6.18 Å². The Balaban J connectivity index is 1.73. The van der Waals surface area contributed by atoms with Gasteiger partial charge in [-0.25, -0.2) is 4.79 Å². The van der Waals surface area contributed by atoms with Gasteiger partial charge in [0.2, 0.25) is 0 Å². The topological polar surface area (TPSA) is 117 Å². The van der Waals surface area contributed by atoms with Crippen LogP contribution in [0.25, 0.3) is 0 Å². The van der Waals surface area contributed by atoms with Crippen molar-refractivity contribution in [2.75, 3.05) is 45.0 Å². The van der Waals surface area contributed by atoms with Crippen molar-refractivity contribution in [2.45, 2.75) is 13.1 Å². The highest BCUT2D eigenvalue weighted by Crippen LogP contribution is 2.40. The number of halogens is 4. The Morgan fingerprint density at radius 2 is 1.77 bits per heavy atom. The van der Waals surface area contributed by atoms with Crippen molar-refractivity contribution in [3.8, 4) is 17.2 Å². The van der Waals surface area contributed by atoms with Crippen molar-refractivity contribution in [3.05, 3.63) is 70.5 Å². The van der Waals surface area contributed by atoms with E-state index in [1.54, 1.807) is 31.2 Å². The fourth-order valence-electron chi connectivity index (χ4n) is 3.27. The number of carbonyl (C=O) groups is 2. The number of carbonyl (C=O) groups excluding carboxylic acids is 2. The summed E-state index contributed by atoms with van der Waals surface area (Å²) in [4.78, 5) is 30.3. The zero-order chi connectivity index (χ0) is 29.4. The molecule has 0 radical (unpaired) electrons. The second kappa shape index (κ2) is 13.2. The largest absolute Gasteiger partial charge is 0.490 e. The van der Waals surface area contributed by atoms with E-state index in [9.17, 15) is 22.8 Å². The van der Waals surface area contributed by atoms with Crippen LogP contribution in [0.5, 0.6) is 17.2 Å². The molecule has 14 heteroatoms. The fraction of sp³-hybridized carbons (Fsp3) is 0.269. The number of aryl methyl sites for hydroxylation is 1. The van der Waals surface area contributed by atoms with Crippen molar-refractivity contribution in [1.82, 2.24) is 20.6 Å². The lowest BCUT2D eigenvalue weighted by molar-refractivity contribution is -0.137. The number of amides is 3. The Morgan fingerprint density at radius 1 is 1.05 bits per heavy atom. The van der Waals surface area contributed by atoms with Crippen LogP contribution in [-0.4, -0.2) is 56.1 Å². The average Bonchev–Trinajstić information content (AvgIpc) is 2.89. The van der Waals surface area contributed by atoms with Crippen molar-refractivity contribution < 1.29 is 32.2 Å². The van der Waals surface area contributed by atoms with Crippen LogP contribution in [0.1, 0.15) is 21.6 Å². The molecule has 4 N–H and O–H groups in total. The van der Waals surface area contributed by atoms with E-state index in [1.165, 1.54) is 19.3 Å². The summed E-state index contributed by atoms with van der Waals surface area (Å²) in [6.07, 6.45) is -3.31. The molecule has 0 aliphatic carbocycles. The van der Waals surface area contributed by atoms with Gasteiger partial charge in [0.1, 0.15) is 29.5 Å². The number of hydrogen-bond acceptors (Lipinski definition) is 7. The van der Waals surface area contributed by atoms with Gasteiger partial charge in [0.25, 0.3) is 5.91 Å². The molecule has 0 saturated heterocycles. The van der Waals surface area contributed by atoms with Crippen LogP contribution in [0.15, 0.2) is 48.7 Å². The third-order valence-corrected chi connectivity index (χ3v) is 5.68. The zero-order valence-electron chi connectivity index (χ0n) is 22.1. The lowest BCUT2D eigenvalue weighted by Crippen LogP contribution is -2.34. The quantitative estimate of drug-likeness (QED) is 0.240. The number of hydrogen-bond donors (Lipinski definition) is 4. The molecular weight excluding hydrogens is 553 g/mol. The minimum atomic E-state index is -4.74. The number of rotatable bonds is 10. The lowest BCUT2D eigenvalue weighted by Gasteiger charge is -2.18. The molecule has 0 aliphatic rings. The van der Waals surface area contributed by atoms with Crippen LogP contribution >= 0.6 is 11.6 Å². The van der Waals surface area contributed by atoms with Gasteiger partial charge in [-0.2, -0.15) is 13.2 Å². The Hall–Kier alpha value is -4.23. The first-order valence-electron chi connectivity index (χ1n) is 11.8. The first-order chi connectivity index (χ1) is 18.9. The molecule has 1 heterocycles. The van der Waals surface area contributed by atoms with Crippen LogP contribution < -0.4 is 31.0 Å². The van der Waals surface area contributed by atoms with E-state index in [1.807, 2.05) is 19.0 Å². The number of nitrogens with one attached hydrogen (secondary N) is 4. The molecule has 0 atom stereocenters. The third kappa shape index (κ3) is 8.38. The highest BCUT2D eigenvalue weighted by atomic mass is 35.5. The monoisotopic (exact) mass is 580 g/mol. The molecule has 2 aromatic carbocycles. The number of anilines is 2. The molecule has 3 rings (SSSR count). The predicted octanol–water partition coefficient (Wildman–Crippen LogP) is 5.30. The molecule has 0 bridgehead atoms. The number of aromatic nitrogens is 1. The standard InChI is InChI=1S/C26H28ClF3N6O4/c1-15-5-6-16(40-17-7-8-32-22(12-17)24(37)31-2)11-20(15)34-35-25(38)33-21-13-18(26(28,29)30)19(27)14-23(21)39-10-9-36(3)4/h5-8,11-14,34H,9-10H2,1-4H3,(H,31,37)(H2,33,35,38). The number of hydrazine groups is 1. The second-order valence-electron chi connectivity index (χ2n) is 8.72. The first-order valence-corrected chi connectivity index (χ1v) is 12.2. The number of urea groups is 1. The summed E-state index contributed by atoms with van der Waals surface area (Å²) in [5, 5.41) is 4.29. The Bertz CT molecular complexity index is 1370. The summed E-state index contributed by atoms with van der Waals surface area (Å²) in [5.41, 5.74) is 5.12. The number of likely N-dealkylation sites (N-methyl/N-ethyl adjacent to an activating group) is 1. The van der Waals surface area contributed by atoms with Gasteiger partial charge in [-0.3, -0.25) is 20.6 Å². The van der Waals surface area contributed by atoms with Gasteiger partial charge < -0.3 is 25.0 Å². The SMILES string of the molecule is CNC(=O)c1cc(Oc2ccc(C)c(NNC(=O)Nc3cc(C(F)(F)F)c(Cl)cc3OCCN(C)C)c2)ccn1. The number of pyridine rings is 1. The Morgan fingerprint density at radius 3 is 2.45 bits per heavy atom. The average molecular weight is 581 g/mol. The molecular formula is C26H28ClF3N6O4. The Kier molecular flexibility index (Phi) is 10.0. The third-order valence-electron chi connectivity index (χ3n) is 5.37. The van der Waals surface area contributed by atoms with E-state index in [0.29, 0.717) is 29.8 Å². The van der Waals surface area contributed by atoms with Crippen LogP contribution in [0.4, 0.5) is 29.3 Å². The van der Waals surface area contributed by atoms with Gasteiger partial charge in [-0.05, 0) is 44.8 Å². The first kappa shape index (κ1) is 30.3. The Labute approximate surface area is 233 Å². The smallest absolute Gasteiger partial charge is 0.417 e. The summed E-state index contributed by atoms with van der Waals surface area (Å²) in [6, 6.07) is 8.92. The lowest BCUT2D eigenvalue weighted by atomic mass is 10.1. The van der Waals surface area contributed by atoms with Crippen molar-refractivity contribution in [2.24, 2.45) is 0 Å². The summed E-state index contributed by atoms with van der Waals surface area (Å²) >= 11 is 5.84. The highest BCUT2D eigenvalue weighted by Gasteiger charge is 2.34. The van der Waals surface area contributed by atoms with E-state index in [4.69, 9.17) is 21.1 Å². The maximum atomic E-state index is 13.4. The van der Waals surface area contributed by atoms with Gasteiger partial charge in [0.15, 0.2) is 0 Å². The predicted molar refractivity (Wildman–Crippen MR) is 145 cm³/mol. The molecule has 0 unspecified atom stereocenters. The van der Waals surface area contributed by atoms with Gasteiger partial charge in [0, 0.05) is 38.0 Å². The van der Waals surface area contributed by atoms with Gasteiger partial charge >= 0.3 is 12.2 Å².